The first-order chi connectivity index (χ1) is 13.3. The molecule has 0 fully saturated rings. The summed E-state index contributed by atoms with van der Waals surface area (Å²) in [7, 11) is 0. The number of hydrogen-bond acceptors (Lipinski definition) is 5. The zero-order valence-corrected chi connectivity index (χ0v) is 16.0. The number of rotatable bonds is 5. The predicted octanol–water partition coefficient (Wildman–Crippen LogP) is 2.60. The van der Waals surface area contributed by atoms with Gasteiger partial charge in [0.2, 0.25) is 5.91 Å². The van der Waals surface area contributed by atoms with Crippen molar-refractivity contribution in [1.29, 1.82) is 0 Å². The van der Waals surface area contributed by atoms with Gasteiger partial charge in [0.1, 0.15) is 12.3 Å². The van der Waals surface area contributed by atoms with Crippen LogP contribution >= 0.6 is 0 Å². The lowest BCUT2D eigenvalue weighted by atomic mass is 10.1. The standard InChI is InChI=1S/C21H22N2O5/c1-13-8-9-18(14(2)10-13)27-12-20(25)28-15(3)21(26)23-11-19(24)22-16-6-4-5-7-17(16)23/h4-10,15H,11-12H2,1-3H3,(H,22,24)/t15-/m1/s1. The molecule has 0 aliphatic carbocycles. The third-order valence-electron chi connectivity index (χ3n) is 4.37. The van der Waals surface area contributed by atoms with Gasteiger partial charge in [-0.3, -0.25) is 14.5 Å². The highest BCUT2D eigenvalue weighted by Crippen LogP contribution is 2.29. The van der Waals surface area contributed by atoms with Crippen molar-refractivity contribution >= 4 is 29.2 Å². The van der Waals surface area contributed by atoms with Crippen molar-refractivity contribution in [3.63, 3.8) is 0 Å². The molecule has 0 saturated heterocycles. The van der Waals surface area contributed by atoms with E-state index in [0.717, 1.165) is 11.1 Å². The average molecular weight is 382 g/mol. The van der Waals surface area contributed by atoms with E-state index in [-0.39, 0.29) is 19.1 Å². The van der Waals surface area contributed by atoms with Gasteiger partial charge >= 0.3 is 5.97 Å². The summed E-state index contributed by atoms with van der Waals surface area (Å²) >= 11 is 0. The van der Waals surface area contributed by atoms with Crippen LogP contribution in [0, 0.1) is 13.8 Å². The molecule has 7 heteroatoms. The first kappa shape index (κ1) is 19.4. The summed E-state index contributed by atoms with van der Waals surface area (Å²) in [6, 6.07) is 12.6. The van der Waals surface area contributed by atoms with Gasteiger partial charge < -0.3 is 14.8 Å². The highest BCUT2D eigenvalue weighted by atomic mass is 16.6. The van der Waals surface area contributed by atoms with Crippen LogP contribution in [0.3, 0.4) is 0 Å². The maximum Gasteiger partial charge on any atom is 0.344 e. The van der Waals surface area contributed by atoms with Gasteiger partial charge in [0.15, 0.2) is 12.7 Å². The van der Waals surface area contributed by atoms with Crippen LogP contribution in [0.25, 0.3) is 0 Å². The number of nitrogens with zero attached hydrogens (tertiary/aromatic N) is 1. The largest absolute Gasteiger partial charge is 0.482 e. The van der Waals surface area contributed by atoms with Crippen LogP contribution in [0.5, 0.6) is 5.75 Å². The number of fused-ring (bicyclic) bond motifs is 1. The number of para-hydroxylation sites is 2. The Balaban J connectivity index is 1.61. The second-order valence-corrected chi connectivity index (χ2v) is 6.68. The van der Waals surface area contributed by atoms with E-state index in [4.69, 9.17) is 9.47 Å². The summed E-state index contributed by atoms with van der Waals surface area (Å²) in [5, 5.41) is 2.71. The van der Waals surface area contributed by atoms with Crippen molar-refractivity contribution in [2.75, 3.05) is 23.4 Å². The normalized spacial score (nSPS) is 14.0. The Hall–Kier alpha value is -3.35. The lowest BCUT2D eigenvalue weighted by Gasteiger charge is -2.30. The first-order valence-corrected chi connectivity index (χ1v) is 8.95. The minimum absolute atomic E-state index is 0.128. The Bertz CT molecular complexity index is 925. The van der Waals surface area contributed by atoms with Gasteiger partial charge in [-0.05, 0) is 44.5 Å². The molecule has 146 valence electrons. The van der Waals surface area contributed by atoms with Gasteiger partial charge in [0, 0.05) is 0 Å². The average Bonchev–Trinajstić information content (AvgIpc) is 2.66. The van der Waals surface area contributed by atoms with E-state index in [0.29, 0.717) is 17.1 Å². The number of nitrogens with one attached hydrogen (secondary N) is 1. The number of amides is 2. The van der Waals surface area contributed by atoms with E-state index in [1.807, 2.05) is 26.0 Å². The van der Waals surface area contributed by atoms with Crippen molar-refractivity contribution < 1.29 is 23.9 Å². The third kappa shape index (κ3) is 4.31. The molecule has 2 aromatic carbocycles. The summed E-state index contributed by atoms with van der Waals surface area (Å²) < 4.78 is 10.7. The molecule has 3 rings (SSSR count). The molecule has 0 saturated carbocycles. The molecule has 0 unspecified atom stereocenters. The number of hydrogen-bond donors (Lipinski definition) is 1. The lowest BCUT2D eigenvalue weighted by molar-refractivity contribution is -0.155. The van der Waals surface area contributed by atoms with Crippen molar-refractivity contribution in [3.05, 3.63) is 53.6 Å². The molecular weight excluding hydrogens is 360 g/mol. The Kier molecular flexibility index (Phi) is 5.63. The number of carbonyl (C=O) groups is 3. The molecule has 1 aliphatic heterocycles. The lowest BCUT2D eigenvalue weighted by Crippen LogP contribution is -2.47. The van der Waals surface area contributed by atoms with Gasteiger partial charge in [0.05, 0.1) is 11.4 Å². The number of benzene rings is 2. The van der Waals surface area contributed by atoms with E-state index in [2.05, 4.69) is 5.32 Å². The highest BCUT2D eigenvalue weighted by Gasteiger charge is 2.31. The third-order valence-corrected chi connectivity index (χ3v) is 4.37. The van der Waals surface area contributed by atoms with Crippen molar-refractivity contribution in [3.8, 4) is 5.75 Å². The van der Waals surface area contributed by atoms with Crippen LogP contribution in [-0.2, 0) is 19.1 Å². The second kappa shape index (κ2) is 8.12. The molecule has 0 spiro atoms. The quantitative estimate of drug-likeness (QED) is 0.804. The number of carbonyl (C=O) groups excluding carboxylic acids is 3. The molecule has 1 atom stereocenters. The number of aryl methyl sites for hydroxylation is 2. The summed E-state index contributed by atoms with van der Waals surface area (Å²) in [4.78, 5) is 38.0. The van der Waals surface area contributed by atoms with Crippen molar-refractivity contribution in [1.82, 2.24) is 0 Å². The SMILES string of the molecule is Cc1ccc(OCC(=O)O[C@H](C)C(=O)N2CC(=O)Nc3ccccc32)c(C)c1. The molecule has 2 aromatic rings. The highest BCUT2D eigenvalue weighted by molar-refractivity contribution is 6.11. The fraction of sp³-hybridized carbons (Fsp3) is 0.286. The predicted molar refractivity (Wildman–Crippen MR) is 104 cm³/mol. The maximum atomic E-state index is 12.7. The van der Waals surface area contributed by atoms with Gasteiger partial charge in [-0.15, -0.1) is 0 Å². The fourth-order valence-electron chi connectivity index (χ4n) is 3.03. The number of anilines is 2. The van der Waals surface area contributed by atoms with E-state index in [1.165, 1.54) is 11.8 Å². The fourth-order valence-corrected chi connectivity index (χ4v) is 3.03. The van der Waals surface area contributed by atoms with Crippen LogP contribution in [0.2, 0.25) is 0 Å². The number of ether oxygens (including phenoxy) is 2. The van der Waals surface area contributed by atoms with Crippen LogP contribution in [0.1, 0.15) is 18.1 Å². The summed E-state index contributed by atoms with van der Waals surface area (Å²) in [5.74, 6) is -0.843. The minimum atomic E-state index is -1.05. The zero-order chi connectivity index (χ0) is 20.3. The van der Waals surface area contributed by atoms with E-state index < -0.39 is 18.0 Å². The van der Waals surface area contributed by atoms with Crippen molar-refractivity contribution in [2.24, 2.45) is 0 Å². The van der Waals surface area contributed by atoms with Crippen LogP contribution in [0.15, 0.2) is 42.5 Å². The van der Waals surface area contributed by atoms with E-state index in [1.54, 1.807) is 30.3 Å². The van der Waals surface area contributed by atoms with Gasteiger partial charge in [-0.25, -0.2) is 4.79 Å². The Morgan fingerprint density at radius 3 is 2.68 bits per heavy atom. The van der Waals surface area contributed by atoms with Crippen LogP contribution in [0.4, 0.5) is 11.4 Å². The Morgan fingerprint density at radius 1 is 1.18 bits per heavy atom. The van der Waals surface area contributed by atoms with Gasteiger partial charge in [0.25, 0.3) is 5.91 Å². The monoisotopic (exact) mass is 382 g/mol. The van der Waals surface area contributed by atoms with E-state index >= 15 is 0 Å². The van der Waals surface area contributed by atoms with Crippen LogP contribution < -0.4 is 15.0 Å². The zero-order valence-electron chi connectivity index (χ0n) is 16.0. The molecule has 0 aromatic heterocycles. The van der Waals surface area contributed by atoms with Crippen molar-refractivity contribution in [2.45, 2.75) is 26.9 Å². The molecule has 0 radical (unpaired) electrons. The molecule has 0 bridgehead atoms. The Labute approximate surface area is 163 Å². The summed E-state index contributed by atoms with van der Waals surface area (Å²) in [6.45, 7) is 4.90. The van der Waals surface area contributed by atoms with E-state index in [9.17, 15) is 14.4 Å². The maximum absolute atomic E-state index is 12.7. The minimum Gasteiger partial charge on any atom is -0.482 e. The molecule has 1 aliphatic rings. The molecule has 1 N–H and O–H groups in total. The summed E-state index contributed by atoms with van der Waals surface area (Å²) in [5.41, 5.74) is 3.12. The second-order valence-electron chi connectivity index (χ2n) is 6.68. The molecular formula is C21H22N2O5. The number of esters is 1. The Morgan fingerprint density at radius 2 is 1.93 bits per heavy atom. The van der Waals surface area contributed by atoms with Gasteiger partial charge in [-0.1, -0.05) is 29.8 Å². The van der Waals surface area contributed by atoms with Crippen LogP contribution in [-0.4, -0.2) is 37.0 Å². The first-order valence-electron chi connectivity index (χ1n) is 8.95. The topological polar surface area (TPSA) is 84.9 Å². The molecule has 28 heavy (non-hydrogen) atoms. The molecule has 7 nitrogen and oxygen atoms in total. The smallest absolute Gasteiger partial charge is 0.344 e. The van der Waals surface area contributed by atoms with Gasteiger partial charge in [-0.2, -0.15) is 0 Å². The summed E-state index contributed by atoms with van der Waals surface area (Å²) in [6.07, 6.45) is -1.05. The molecule has 1 heterocycles. The molecule has 2 amide bonds.